The molecule has 1 aliphatic rings. The first-order valence-corrected chi connectivity index (χ1v) is 8.33. The second-order valence-electron chi connectivity index (χ2n) is 5.81. The minimum absolute atomic E-state index is 0.0338. The largest absolute Gasteiger partial charge is 0.347 e. The molecule has 1 atom stereocenters. The molecule has 3 aromatic rings. The Morgan fingerprint density at radius 2 is 2.27 bits per heavy atom. The van der Waals surface area contributed by atoms with Gasteiger partial charge in [-0.15, -0.1) is 11.3 Å². The Hall–Kier alpha value is -2.14. The van der Waals surface area contributed by atoms with Crippen LogP contribution >= 0.6 is 11.3 Å². The summed E-state index contributed by atoms with van der Waals surface area (Å²) in [5.74, 6) is 1.16. The number of hydrogen-bond acceptors (Lipinski definition) is 3. The van der Waals surface area contributed by atoms with Gasteiger partial charge in [0.15, 0.2) is 0 Å². The Morgan fingerprint density at radius 3 is 3.14 bits per heavy atom. The van der Waals surface area contributed by atoms with E-state index < -0.39 is 0 Å². The fraction of sp³-hybridized carbons (Fsp3) is 0.294. The van der Waals surface area contributed by atoms with Crippen molar-refractivity contribution in [3.63, 3.8) is 0 Å². The summed E-state index contributed by atoms with van der Waals surface area (Å²) in [5, 5.41) is 4.30. The smallest absolute Gasteiger partial charge is 0.261 e. The zero-order valence-electron chi connectivity index (χ0n) is 12.4. The summed E-state index contributed by atoms with van der Waals surface area (Å²) in [6, 6.07) is 10.3. The van der Waals surface area contributed by atoms with Gasteiger partial charge in [-0.2, -0.15) is 0 Å². The van der Waals surface area contributed by atoms with Gasteiger partial charge in [-0.1, -0.05) is 18.2 Å². The van der Waals surface area contributed by atoms with Crippen molar-refractivity contribution in [2.45, 2.75) is 32.4 Å². The second-order valence-corrected chi connectivity index (χ2v) is 6.89. The van der Waals surface area contributed by atoms with Gasteiger partial charge in [-0.05, 0) is 30.9 Å². The second kappa shape index (κ2) is 5.25. The molecule has 22 heavy (non-hydrogen) atoms. The lowest BCUT2D eigenvalue weighted by Crippen LogP contribution is -2.40. The summed E-state index contributed by atoms with van der Waals surface area (Å²) in [6.07, 6.45) is 3.94. The minimum Gasteiger partial charge on any atom is -0.347 e. The molecule has 2 aromatic heterocycles. The Labute approximate surface area is 132 Å². The molecule has 112 valence electrons. The van der Waals surface area contributed by atoms with Crippen LogP contribution in [-0.2, 0) is 13.0 Å². The van der Waals surface area contributed by atoms with Crippen LogP contribution in [0.15, 0.2) is 36.5 Å². The van der Waals surface area contributed by atoms with Gasteiger partial charge in [0, 0.05) is 29.9 Å². The fourth-order valence-corrected chi connectivity index (χ4v) is 4.02. The van der Waals surface area contributed by atoms with Gasteiger partial charge in [0.2, 0.25) is 0 Å². The molecule has 3 heterocycles. The van der Waals surface area contributed by atoms with E-state index in [0.29, 0.717) is 0 Å². The summed E-state index contributed by atoms with van der Waals surface area (Å²) < 4.78 is 3.32. The molecule has 4 rings (SSSR count). The van der Waals surface area contributed by atoms with Crippen molar-refractivity contribution in [2.75, 3.05) is 0 Å². The monoisotopic (exact) mass is 311 g/mol. The number of thiophene rings is 1. The van der Waals surface area contributed by atoms with Crippen LogP contribution in [0.2, 0.25) is 0 Å². The first kappa shape index (κ1) is 13.5. The number of carbonyl (C=O) groups excluding carboxylic acids is 1. The normalized spacial score (nSPS) is 17.4. The highest BCUT2D eigenvalue weighted by Gasteiger charge is 2.22. The molecule has 4 nitrogen and oxygen atoms in total. The number of amides is 1. The molecule has 0 saturated heterocycles. The molecule has 1 aromatic carbocycles. The molecule has 0 bridgehead atoms. The topological polar surface area (TPSA) is 46.9 Å². The molecule has 1 N–H and O–H groups in total. The molecule has 0 spiro atoms. The van der Waals surface area contributed by atoms with Crippen LogP contribution in [0.5, 0.6) is 0 Å². The van der Waals surface area contributed by atoms with Gasteiger partial charge in [0.05, 0.1) is 10.6 Å². The number of fused-ring (bicyclic) bond motifs is 2. The Balaban J connectivity index is 1.50. The highest BCUT2D eigenvalue weighted by molar-refractivity contribution is 7.20. The van der Waals surface area contributed by atoms with Crippen LogP contribution in [-0.4, -0.2) is 21.5 Å². The van der Waals surface area contributed by atoms with Crippen LogP contribution < -0.4 is 5.32 Å². The molecule has 0 aliphatic carbocycles. The number of rotatable bonds is 2. The van der Waals surface area contributed by atoms with Crippen molar-refractivity contribution in [1.82, 2.24) is 14.9 Å². The van der Waals surface area contributed by atoms with Gasteiger partial charge < -0.3 is 9.88 Å². The maximum absolute atomic E-state index is 12.5. The Kier molecular flexibility index (Phi) is 3.22. The Morgan fingerprint density at radius 1 is 1.41 bits per heavy atom. The molecule has 1 aliphatic heterocycles. The molecule has 1 amide bonds. The van der Waals surface area contributed by atoms with E-state index in [1.54, 1.807) is 11.3 Å². The van der Waals surface area contributed by atoms with E-state index in [4.69, 9.17) is 0 Å². The van der Waals surface area contributed by atoms with Crippen molar-refractivity contribution < 1.29 is 4.79 Å². The van der Waals surface area contributed by atoms with Gasteiger partial charge in [0.1, 0.15) is 5.82 Å². The van der Waals surface area contributed by atoms with E-state index in [2.05, 4.69) is 27.1 Å². The van der Waals surface area contributed by atoms with Gasteiger partial charge in [-0.25, -0.2) is 4.98 Å². The molecule has 0 saturated carbocycles. The summed E-state index contributed by atoms with van der Waals surface area (Å²) in [6.45, 7) is 2.82. The van der Waals surface area contributed by atoms with E-state index >= 15 is 0 Å². The van der Waals surface area contributed by atoms with E-state index in [1.165, 1.54) is 0 Å². The number of carbonyl (C=O) groups is 1. The van der Waals surface area contributed by atoms with Crippen molar-refractivity contribution in [1.29, 1.82) is 0 Å². The van der Waals surface area contributed by atoms with Crippen LogP contribution in [0.25, 0.3) is 10.1 Å². The van der Waals surface area contributed by atoms with E-state index in [-0.39, 0.29) is 11.9 Å². The molecular weight excluding hydrogens is 294 g/mol. The Bertz CT molecular complexity index is 816. The zero-order chi connectivity index (χ0) is 15.1. The summed E-state index contributed by atoms with van der Waals surface area (Å²) in [7, 11) is 0. The lowest BCUT2D eigenvalue weighted by Gasteiger charge is -2.24. The number of hydrogen-bond donors (Lipinski definition) is 1. The van der Waals surface area contributed by atoms with Gasteiger partial charge >= 0.3 is 0 Å². The minimum atomic E-state index is 0.0338. The third-order valence-electron chi connectivity index (χ3n) is 4.10. The van der Waals surface area contributed by atoms with Crippen molar-refractivity contribution in [3.05, 3.63) is 52.9 Å². The maximum atomic E-state index is 12.5. The molecule has 1 unspecified atom stereocenters. The SMILES string of the molecule is Cc1cn2c(n1)CCC(NC(=O)c1cc3ccccc3s1)C2. The first-order valence-electron chi connectivity index (χ1n) is 7.51. The number of aryl methyl sites for hydroxylation is 2. The third kappa shape index (κ3) is 2.41. The third-order valence-corrected chi connectivity index (χ3v) is 5.21. The zero-order valence-corrected chi connectivity index (χ0v) is 13.2. The maximum Gasteiger partial charge on any atom is 0.261 e. The van der Waals surface area contributed by atoms with E-state index in [9.17, 15) is 4.79 Å². The summed E-state index contributed by atoms with van der Waals surface area (Å²) in [5.41, 5.74) is 1.05. The highest BCUT2D eigenvalue weighted by Crippen LogP contribution is 2.25. The highest BCUT2D eigenvalue weighted by atomic mass is 32.1. The average Bonchev–Trinajstić information content (AvgIpc) is 3.08. The molecular formula is C17H17N3OS. The lowest BCUT2D eigenvalue weighted by molar-refractivity contribution is 0.0932. The van der Waals surface area contributed by atoms with Crippen LogP contribution in [0.1, 0.15) is 27.6 Å². The van der Waals surface area contributed by atoms with Crippen LogP contribution in [0.4, 0.5) is 0 Å². The predicted molar refractivity (Wildman–Crippen MR) is 88.4 cm³/mol. The van der Waals surface area contributed by atoms with Gasteiger partial charge in [-0.3, -0.25) is 4.79 Å². The predicted octanol–water partition coefficient (Wildman–Crippen LogP) is 3.15. The molecule has 5 heteroatoms. The van der Waals surface area contributed by atoms with Crippen molar-refractivity contribution in [2.24, 2.45) is 0 Å². The number of imidazole rings is 1. The first-order chi connectivity index (χ1) is 10.7. The number of benzene rings is 1. The summed E-state index contributed by atoms with van der Waals surface area (Å²) in [4.78, 5) is 17.8. The quantitative estimate of drug-likeness (QED) is 0.790. The van der Waals surface area contributed by atoms with E-state index in [0.717, 1.165) is 45.9 Å². The number of nitrogens with one attached hydrogen (secondary N) is 1. The number of nitrogens with zero attached hydrogens (tertiary/aromatic N) is 2. The van der Waals surface area contributed by atoms with Crippen molar-refractivity contribution >= 4 is 27.3 Å². The van der Waals surface area contributed by atoms with Crippen LogP contribution in [0.3, 0.4) is 0 Å². The lowest BCUT2D eigenvalue weighted by atomic mass is 10.1. The van der Waals surface area contributed by atoms with E-state index in [1.807, 2.05) is 31.2 Å². The van der Waals surface area contributed by atoms with Crippen LogP contribution in [0, 0.1) is 6.92 Å². The number of aromatic nitrogens is 2. The van der Waals surface area contributed by atoms with Gasteiger partial charge in [0.25, 0.3) is 5.91 Å². The fourth-order valence-electron chi connectivity index (χ4n) is 3.05. The molecule has 0 radical (unpaired) electrons. The van der Waals surface area contributed by atoms with Crippen molar-refractivity contribution in [3.8, 4) is 0 Å². The molecule has 0 fully saturated rings. The standard InChI is InChI=1S/C17H17N3OS/c1-11-9-20-10-13(6-7-16(20)18-11)19-17(21)15-8-12-4-2-3-5-14(12)22-15/h2-5,8-9,13H,6-7,10H2,1H3,(H,19,21). The average molecular weight is 311 g/mol. The summed E-state index contributed by atoms with van der Waals surface area (Å²) >= 11 is 1.55.